The number of amides is 1. The molecule has 146 valence electrons. The summed E-state index contributed by atoms with van der Waals surface area (Å²) in [7, 11) is 0. The predicted octanol–water partition coefficient (Wildman–Crippen LogP) is 4.29. The van der Waals surface area contributed by atoms with Crippen molar-refractivity contribution in [1.29, 1.82) is 0 Å². The fraction of sp³-hybridized carbons (Fsp3) is 0.667. The topological polar surface area (TPSA) is 55.2 Å². The third kappa shape index (κ3) is 3.22. The highest BCUT2D eigenvalue weighted by atomic mass is 32.1. The molecule has 0 atom stereocenters. The minimum Gasteiger partial charge on any atom is -0.333 e. The van der Waals surface area contributed by atoms with Crippen molar-refractivity contribution in [3.8, 4) is 0 Å². The van der Waals surface area contributed by atoms with Crippen LogP contribution in [0.1, 0.15) is 79.9 Å². The number of aromatic nitrogens is 2. The van der Waals surface area contributed by atoms with Crippen LogP contribution < -0.4 is 5.56 Å². The van der Waals surface area contributed by atoms with Crippen molar-refractivity contribution in [2.45, 2.75) is 90.8 Å². The molecule has 0 radical (unpaired) electrons. The lowest BCUT2D eigenvalue weighted by Gasteiger charge is -2.37. The lowest BCUT2D eigenvalue weighted by Crippen LogP contribution is -2.45. The standard InChI is InChI=1S/C21H29N3O2S/c1-13(2)24(15-9-5-4-6-10-15)21(26)18-14(3)17-19(27-18)22-16-11-7-8-12-23(16)20(17)25/h13,15H,4-12H2,1-3H3. The van der Waals surface area contributed by atoms with E-state index in [0.717, 1.165) is 54.9 Å². The molecule has 1 saturated carbocycles. The van der Waals surface area contributed by atoms with E-state index < -0.39 is 0 Å². The fourth-order valence-electron chi connectivity index (χ4n) is 4.74. The molecule has 1 fully saturated rings. The Bertz CT molecular complexity index is 922. The lowest BCUT2D eigenvalue weighted by molar-refractivity contribution is 0.0560. The van der Waals surface area contributed by atoms with Crippen LogP contribution in [0.15, 0.2) is 4.79 Å². The Kier molecular flexibility index (Phi) is 5.10. The van der Waals surface area contributed by atoms with Crippen LogP contribution in [0.4, 0.5) is 0 Å². The van der Waals surface area contributed by atoms with Crippen molar-refractivity contribution in [2.75, 3.05) is 0 Å². The maximum Gasteiger partial charge on any atom is 0.264 e. The summed E-state index contributed by atoms with van der Waals surface area (Å²) in [4.78, 5) is 34.8. The summed E-state index contributed by atoms with van der Waals surface area (Å²) < 4.78 is 1.82. The second-order valence-electron chi connectivity index (χ2n) is 8.28. The number of hydrogen-bond acceptors (Lipinski definition) is 4. The van der Waals surface area contributed by atoms with Gasteiger partial charge in [0.15, 0.2) is 0 Å². The number of aryl methyl sites for hydroxylation is 2. The summed E-state index contributed by atoms with van der Waals surface area (Å²) in [5, 5.41) is 0.654. The number of carbonyl (C=O) groups is 1. The molecule has 0 aromatic carbocycles. The Hall–Kier alpha value is -1.69. The quantitative estimate of drug-likeness (QED) is 0.790. The second kappa shape index (κ2) is 7.38. The van der Waals surface area contributed by atoms with E-state index in [1.807, 2.05) is 11.5 Å². The van der Waals surface area contributed by atoms with Gasteiger partial charge in [-0.2, -0.15) is 0 Å². The molecule has 1 aliphatic carbocycles. The molecule has 3 heterocycles. The molecular formula is C21H29N3O2S. The lowest BCUT2D eigenvalue weighted by atomic mass is 9.93. The average Bonchev–Trinajstić information content (AvgIpc) is 2.99. The van der Waals surface area contributed by atoms with E-state index >= 15 is 0 Å². The highest BCUT2D eigenvalue weighted by Crippen LogP contribution is 2.32. The van der Waals surface area contributed by atoms with Crippen LogP contribution in [0, 0.1) is 6.92 Å². The molecule has 0 bridgehead atoms. The molecule has 0 saturated heterocycles. The first-order valence-electron chi connectivity index (χ1n) is 10.3. The van der Waals surface area contributed by atoms with Gasteiger partial charge in [0.2, 0.25) is 0 Å². The van der Waals surface area contributed by atoms with Crippen LogP contribution in [-0.2, 0) is 13.0 Å². The van der Waals surface area contributed by atoms with E-state index in [-0.39, 0.29) is 17.5 Å². The second-order valence-corrected chi connectivity index (χ2v) is 9.28. The normalized spacial score (nSPS) is 18.1. The first-order chi connectivity index (χ1) is 13.0. The third-order valence-corrected chi connectivity index (χ3v) is 7.29. The highest BCUT2D eigenvalue weighted by molar-refractivity contribution is 7.20. The molecule has 5 nitrogen and oxygen atoms in total. The Morgan fingerprint density at radius 1 is 1.19 bits per heavy atom. The SMILES string of the molecule is Cc1c(C(=O)N(C(C)C)C2CCCCC2)sc2nc3n(c(=O)c12)CCCC3. The van der Waals surface area contributed by atoms with Gasteiger partial charge in [-0.3, -0.25) is 14.2 Å². The molecular weight excluding hydrogens is 358 g/mol. The van der Waals surface area contributed by atoms with Crippen LogP contribution in [-0.4, -0.2) is 32.4 Å². The summed E-state index contributed by atoms with van der Waals surface area (Å²) >= 11 is 1.41. The Balaban J connectivity index is 1.78. The Morgan fingerprint density at radius 3 is 2.63 bits per heavy atom. The Labute approximate surface area is 164 Å². The largest absolute Gasteiger partial charge is 0.333 e. The molecule has 0 spiro atoms. The third-order valence-electron chi connectivity index (χ3n) is 6.11. The zero-order chi connectivity index (χ0) is 19.1. The van der Waals surface area contributed by atoms with Crippen molar-refractivity contribution in [1.82, 2.24) is 14.5 Å². The smallest absolute Gasteiger partial charge is 0.264 e. The molecule has 2 aromatic rings. The van der Waals surface area contributed by atoms with E-state index in [4.69, 9.17) is 4.98 Å². The number of rotatable bonds is 3. The summed E-state index contributed by atoms with van der Waals surface area (Å²) in [6.07, 6.45) is 8.79. The number of thiophene rings is 1. The van der Waals surface area contributed by atoms with Gasteiger partial charge in [-0.05, 0) is 52.0 Å². The average molecular weight is 388 g/mol. The Morgan fingerprint density at radius 2 is 1.93 bits per heavy atom. The van der Waals surface area contributed by atoms with Gasteiger partial charge in [0.05, 0.1) is 10.3 Å². The molecule has 4 rings (SSSR count). The van der Waals surface area contributed by atoms with E-state index in [0.29, 0.717) is 16.3 Å². The first-order valence-corrected chi connectivity index (χ1v) is 11.2. The van der Waals surface area contributed by atoms with Gasteiger partial charge in [-0.25, -0.2) is 4.98 Å². The van der Waals surface area contributed by atoms with Crippen molar-refractivity contribution >= 4 is 27.5 Å². The molecule has 27 heavy (non-hydrogen) atoms. The number of fused-ring (bicyclic) bond motifs is 2. The molecule has 0 unspecified atom stereocenters. The number of nitrogens with zero attached hydrogens (tertiary/aromatic N) is 3. The van der Waals surface area contributed by atoms with Gasteiger partial charge in [-0.1, -0.05) is 19.3 Å². The highest BCUT2D eigenvalue weighted by Gasteiger charge is 2.31. The van der Waals surface area contributed by atoms with Crippen LogP contribution in [0.5, 0.6) is 0 Å². The van der Waals surface area contributed by atoms with Crippen LogP contribution >= 0.6 is 11.3 Å². The molecule has 1 amide bonds. The first kappa shape index (κ1) is 18.7. The van der Waals surface area contributed by atoms with E-state index in [9.17, 15) is 9.59 Å². The summed E-state index contributed by atoms with van der Waals surface area (Å²) in [5.74, 6) is 0.965. The minimum atomic E-state index is 0.0382. The number of hydrogen-bond donors (Lipinski definition) is 0. The van der Waals surface area contributed by atoms with Gasteiger partial charge in [-0.15, -0.1) is 11.3 Å². The van der Waals surface area contributed by atoms with Crippen molar-refractivity contribution in [3.63, 3.8) is 0 Å². The van der Waals surface area contributed by atoms with Crippen LogP contribution in [0.3, 0.4) is 0 Å². The molecule has 2 aliphatic rings. The van der Waals surface area contributed by atoms with Crippen LogP contribution in [0.25, 0.3) is 10.2 Å². The van der Waals surface area contributed by atoms with Crippen molar-refractivity contribution in [2.24, 2.45) is 0 Å². The molecule has 1 aliphatic heterocycles. The predicted molar refractivity (Wildman–Crippen MR) is 110 cm³/mol. The summed E-state index contributed by atoms with van der Waals surface area (Å²) in [6, 6.07) is 0.477. The fourth-order valence-corrected chi connectivity index (χ4v) is 5.87. The zero-order valence-electron chi connectivity index (χ0n) is 16.6. The van der Waals surface area contributed by atoms with Gasteiger partial charge < -0.3 is 4.90 Å². The number of carbonyl (C=O) groups excluding carboxylic acids is 1. The van der Waals surface area contributed by atoms with Crippen LogP contribution in [0.2, 0.25) is 0 Å². The maximum atomic E-state index is 13.5. The molecule has 6 heteroatoms. The van der Waals surface area contributed by atoms with Gasteiger partial charge >= 0.3 is 0 Å². The molecule has 0 N–H and O–H groups in total. The molecule has 2 aromatic heterocycles. The minimum absolute atomic E-state index is 0.0382. The van der Waals surface area contributed by atoms with Gasteiger partial charge in [0.25, 0.3) is 11.5 Å². The van der Waals surface area contributed by atoms with E-state index in [2.05, 4.69) is 18.7 Å². The van der Waals surface area contributed by atoms with Gasteiger partial charge in [0, 0.05) is 25.0 Å². The van der Waals surface area contributed by atoms with E-state index in [1.165, 1.54) is 30.6 Å². The summed E-state index contributed by atoms with van der Waals surface area (Å²) in [5.41, 5.74) is 0.857. The van der Waals surface area contributed by atoms with Crippen molar-refractivity contribution < 1.29 is 4.79 Å². The zero-order valence-corrected chi connectivity index (χ0v) is 17.4. The van der Waals surface area contributed by atoms with Crippen molar-refractivity contribution in [3.05, 3.63) is 26.6 Å². The summed E-state index contributed by atoms with van der Waals surface area (Å²) in [6.45, 7) is 6.86. The van der Waals surface area contributed by atoms with E-state index in [1.54, 1.807) is 0 Å². The maximum absolute atomic E-state index is 13.5. The monoisotopic (exact) mass is 387 g/mol. The van der Waals surface area contributed by atoms with Gasteiger partial charge in [0.1, 0.15) is 10.7 Å².